The summed E-state index contributed by atoms with van der Waals surface area (Å²) in [7, 11) is -3.66. The van der Waals surface area contributed by atoms with Crippen LogP contribution in [0.5, 0.6) is 0 Å². The van der Waals surface area contributed by atoms with Gasteiger partial charge in [-0.2, -0.15) is 0 Å². The van der Waals surface area contributed by atoms with Crippen LogP contribution >= 0.6 is 11.6 Å². The topological polar surface area (TPSA) is 86.8 Å². The predicted octanol–water partition coefficient (Wildman–Crippen LogP) is 5.75. The molecular formula is C32H39ClFN3O4S. The number of anilines is 1. The van der Waals surface area contributed by atoms with Gasteiger partial charge in [-0.1, -0.05) is 74.0 Å². The second kappa shape index (κ2) is 15.2. The van der Waals surface area contributed by atoms with E-state index in [1.807, 2.05) is 44.2 Å². The van der Waals surface area contributed by atoms with Crippen LogP contribution in [-0.2, 0) is 32.6 Å². The maximum atomic E-state index is 13.9. The molecule has 0 fully saturated rings. The highest BCUT2D eigenvalue weighted by atomic mass is 35.5. The molecule has 0 aliphatic heterocycles. The molecular weight excluding hydrogens is 577 g/mol. The van der Waals surface area contributed by atoms with E-state index in [1.165, 1.54) is 21.3 Å². The molecule has 226 valence electrons. The zero-order valence-electron chi connectivity index (χ0n) is 24.5. The number of hydrogen-bond donors (Lipinski definition) is 1. The Kier molecular flexibility index (Phi) is 11.9. The van der Waals surface area contributed by atoms with E-state index in [2.05, 4.69) is 5.32 Å². The first-order chi connectivity index (χ1) is 19.9. The van der Waals surface area contributed by atoms with Crippen molar-refractivity contribution in [2.45, 2.75) is 52.6 Å². The SMILES string of the molecule is Cc1c(Cl)cccc1N(CCCC(=O)N(Cc1ccc(F)cc1)C(Cc1ccccc1)C(=O)NCC(C)C)S(C)(=O)=O. The van der Waals surface area contributed by atoms with Gasteiger partial charge in [0.1, 0.15) is 11.9 Å². The third-order valence-corrected chi connectivity index (χ3v) is 8.47. The number of sulfonamides is 1. The van der Waals surface area contributed by atoms with Crippen LogP contribution in [0, 0.1) is 18.7 Å². The van der Waals surface area contributed by atoms with E-state index in [0.29, 0.717) is 28.4 Å². The molecule has 0 spiro atoms. The Labute approximate surface area is 253 Å². The van der Waals surface area contributed by atoms with Gasteiger partial charge in [0, 0.05) is 37.5 Å². The molecule has 0 bridgehead atoms. The second-order valence-electron chi connectivity index (χ2n) is 10.8. The summed E-state index contributed by atoms with van der Waals surface area (Å²) in [6.07, 6.45) is 1.61. The van der Waals surface area contributed by atoms with Crippen LogP contribution in [0.1, 0.15) is 43.4 Å². The lowest BCUT2D eigenvalue weighted by Gasteiger charge is -2.32. The van der Waals surface area contributed by atoms with E-state index in [-0.39, 0.29) is 50.1 Å². The standard InChI is InChI=1S/C32H39ClFN3O4S/c1-23(2)21-35-32(39)30(20-25-10-6-5-7-11-25)36(22-26-15-17-27(34)18-16-26)31(38)14-9-19-37(42(4,40)41)29-13-8-12-28(33)24(29)3/h5-8,10-13,15-18,23,30H,9,14,19-22H2,1-4H3,(H,35,39). The molecule has 2 amide bonds. The van der Waals surface area contributed by atoms with E-state index in [4.69, 9.17) is 11.6 Å². The fourth-order valence-corrected chi connectivity index (χ4v) is 5.80. The van der Waals surface area contributed by atoms with Crippen molar-refractivity contribution < 1.29 is 22.4 Å². The first-order valence-corrected chi connectivity index (χ1v) is 16.2. The molecule has 7 nitrogen and oxygen atoms in total. The van der Waals surface area contributed by atoms with Crippen molar-refractivity contribution >= 4 is 39.1 Å². The average Bonchev–Trinajstić information content (AvgIpc) is 2.94. The average molecular weight is 616 g/mol. The summed E-state index contributed by atoms with van der Waals surface area (Å²) >= 11 is 6.25. The van der Waals surface area contributed by atoms with E-state index in [9.17, 15) is 22.4 Å². The molecule has 0 saturated carbocycles. The first kappa shape index (κ1) is 33.1. The summed E-state index contributed by atoms with van der Waals surface area (Å²) in [5.74, 6) is -0.777. The minimum Gasteiger partial charge on any atom is -0.354 e. The van der Waals surface area contributed by atoms with Gasteiger partial charge < -0.3 is 10.2 Å². The lowest BCUT2D eigenvalue weighted by molar-refractivity contribution is -0.141. The predicted molar refractivity (Wildman–Crippen MR) is 166 cm³/mol. The van der Waals surface area contributed by atoms with Crippen LogP contribution in [0.3, 0.4) is 0 Å². The van der Waals surface area contributed by atoms with Crippen molar-refractivity contribution in [3.05, 3.63) is 100 Å². The third-order valence-electron chi connectivity index (χ3n) is 6.88. The third kappa shape index (κ3) is 9.56. The highest BCUT2D eigenvalue weighted by Gasteiger charge is 2.30. The Morgan fingerprint density at radius 3 is 2.24 bits per heavy atom. The fraction of sp³-hybridized carbons (Fsp3) is 0.375. The van der Waals surface area contributed by atoms with Gasteiger partial charge in [-0.3, -0.25) is 13.9 Å². The number of nitrogens with zero attached hydrogens (tertiary/aromatic N) is 2. The monoisotopic (exact) mass is 615 g/mol. The highest BCUT2D eigenvalue weighted by molar-refractivity contribution is 7.92. The van der Waals surface area contributed by atoms with Gasteiger partial charge in [0.2, 0.25) is 21.8 Å². The molecule has 3 aromatic carbocycles. The summed E-state index contributed by atoms with van der Waals surface area (Å²) < 4.78 is 40.3. The van der Waals surface area contributed by atoms with Gasteiger partial charge in [0.15, 0.2) is 0 Å². The Morgan fingerprint density at radius 2 is 1.62 bits per heavy atom. The van der Waals surface area contributed by atoms with Crippen molar-refractivity contribution in [1.82, 2.24) is 10.2 Å². The number of nitrogens with one attached hydrogen (secondary N) is 1. The molecule has 0 heterocycles. The van der Waals surface area contributed by atoms with E-state index < -0.39 is 21.9 Å². The Balaban J connectivity index is 1.89. The maximum absolute atomic E-state index is 13.9. The van der Waals surface area contributed by atoms with Crippen molar-refractivity contribution in [3.8, 4) is 0 Å². The minimum absolute atomic E-state index is 0.00439. The largest absolute Gasteiger partial charge is 0.354 e. The first-order valence-electron chi connectivity index (χ1n) is 13.9. The van der Waals surface area contributed by atoms with Crippen molar-refractivity contribution in [3.63, 3.8) is 0 Å². The van der Waals surface area contributed by atoms with Crippen LogP contribution in [0.15, 0.2) is 72.8 Å². The molecule has 0 aliphatic rings. The summed E-state index contributed by atoms with van der Waals surface area (Å²) in [6, 6.07) is 19.5. The van der Waals surface area contributed by atoms with Gasteiger partial charge in [-0.05, 0) is 60.2 Å². The fourth-order valence-electron chi connectivity index (χ4n) is 4.61. The van der Waals surface area contributed by atoms with Crippen LogP contribution < -0.4 is 9.62 Å². The van der Waals surface area contributed by atoms with Crippen LogP contribution in [0.4, 0.5) is 10.1 Å². The number of amides is 2. The summed E-state index contributed by atoms with van der Waals surface area (Å²) in [5.41, 5.74) is 2.64. The molecule has 0 aromatic heterocycles. The number of hydrogen-bond acceptors (Lipinski definition) is 4. The number of halogens is 2. The van der Waals surface area contributed by atoms with Gasteiger partial charge in [0.25, 0.3) is 0 Å². The number of carbonyl (C=O) groups excluding carboxylic acids is 2. The lowest BCUT2D eigenvalue weighted by atomic mass is 10.0. The van der Waals surface area contributed by atoms with E-state index >= 15 is 0 Å². The summed E-state index contributed by atoms with van der Waals surface area (Å²) in [5, 5.41) is 3.41. The molecule has 0 aliphatic carbocycles. The second-order valence-corrected chi connectivity index (χ2v) is 13.1. The van der Waals surface area contributed by atoms with Gasteiger partial charge in [0.05, 0.1) is 11.9 Å². The van der Waals surface area contributed by atoms with Crippen molar-refractivity contribution in [1.29, 1.82) is 0 Å². The Morgan fingerprint density at radius 1 is 0.952 bits per heavy atom. The zero-order chi connectivity index (χ0) is 30.9. The van der Waals surface area contributed by atoms with Crippen molar-refractivity contribution in [2.75, 3.05) is 23.7 Å². The number of benzene rings is 3. The van der Waals surface area contributed by atoms with Crippen molar-refractivity contribution in [2.24, 2.45) is 5.92 Å². The Bertz CT molecular complexity index is 1450. The lowest BCUT2D eigenvalue weighted by Crippen LogP contribution is -2.51. The van der Waals surface area contributed by atoms with E-state index in [1.54, 1.807) is 37.3 Å². The Hall–Kier alpha value is -3.43. The molecule has 0 saturated heterocycles. The van der Waals surface area contributed by atoms with Gasteiger partial charge >= 0.3 is 0 Å². The summed E-state index contributed by atoms with van der Waals surface area (Å²) in [6.45, 7) is 6.32. The molecule has 3 rings (SSSR count). The van der Waals surface area contributed by atoms with Crippen LogP contribution in [-0.4, -0.2) is 50.5 Å². The van der Waals surface area contributed by atoms with Crippen LogP contribution in [0.2, 0.25) is 5.02 Å². The smallest absolute Gasteiger partial charge is 0.243 e. The van der Waals surface area contributed by atoms with E-state index in [0.717, 1.165) is 11.8 Å². The van der Waals surface area contributed by atoms with Gasteiger partial charge in [-0.25, -0.2) is 12.8 Å². The molecule has 42 heavy (non-hydrogen) atoms. The minimum atomic E-state index is -3.66. The molecule has 0 radical (unpaired) electrons. The quantitative estimate of drug-likeness (QED) is 0.250. The highest BCUT2D eigenvalue weighted by Crippen LogP contribution is 2.28. The molecule has 1 atom stereocenters. The molecule has 1 N–H and O–H groups in total. The molecule has 3 aromatic rings. The molecule has 1 unspecified atom stereocenters. The molecule has 10 heteroatoms. The van der Waals surface area contributed by atoms with Crippen LogP contribution in [0.25, 0.3) is 0 Å². The zero-order valence-corrected chi connectivity index (χ0v) is 26.1. The number of rotatable bonds is 14. The maximum Gasteiger partial charge on any atom is 0.243 e. The number of carbonyl (C=O) groups is 2. The summed E-state index contributed by atoms with van der Waals surface area (Å²) in [4.78, 5) is 28.9. The normalized spacial score (nSPS) is 12.2. The van der Waals surface area contributed by atoms with Gasteiger partial charge in [-0.15, -0.1) is 0 Å².